The zero-order valence-electron chi connectivity index (χ0n) is 8.08. The van der Waals surface area contributed by atoms with Crippen molar-refractivity contribution in [3.05, 3.63) is 12.2 Å². The molecule has 1 N–H and O–H groups in total. The van der Waals surface area contributed by atoms with Gasteiger partial charge in [0.1, 0.15) is 4.75 Å². The van der Waals surface area contributed by atoms with Gasteiger partial charge in [-0.3, -0.25) is 4.55 Å². The molecule has 0 spiro atoms. The van der Waals surface area contributed by atoms with Gasteiger partial charge in [0.05, 0.1) is 0 Å². The zero-order valence-corrected chi connectivity index (χ0v) is 8.89. The number of allylic oxidation sites excluding steroid dienone is 1. The minimum absolute atomic E-state index is 0.0949. The van der Waals surface area contributed by atoms with Crippen LogP contribution in [0.2, 0.25) is 0 Å². The fraction of sp³-hybridized carbons (Fsp3) is 0.778. The van der Waals surface area contributed by atoms with Gasteiger partial charge in [-0.2, -0.15) is 8.42 Å². The second kappa shape index (κ2) is 3.10. The highest BCUT2D eigenvalue weighted by molar-refractivity contribution is 7.87. The Morgan fingerprint density at radius 3 is 2.46 bits per heavy atom. The molecule has 0 heterocycles. The lowest BCUT2D eigenvalue weighted by Gasteiger charge is -2.28. The Labute approximate surface area is 79.6 Å². The number of hydrogen-bond acceptors (Lipinski definition) is 2. The van der Waals surface area contributed by atoms with Gasteiger partial charge in [-0.25, -0.2) is 0 Å². The molecule has 4 heteroatoms. The van der Waals surface area contributed by atoms with Crippen molar-refractivity contribution in [2.75, 3.05) is 0 Å². The van der Waals surface area contributed by atoms with Crippen LogP contribution in [0, 0.1) is 5.92 Å². The van der Waals surface area contributed by atoms with Crippen LogP contribution in [-0.4, -0.2) is 17.7 Å². The van der Waals surface area contributed by atoms with Crippen molar-refractivity contribution in [3.8, 4) is 0 Å². The summed E-state index contributed by atoms with van der Waals surface area (Å²) in [5.74, 6) is -0.0949. The number of rotatable bonds is 2. The maximum atomic E-state index is 11.2. The summed E-state index contributed by atoms with van der Waals surface area (Å²) in [5.41, 5.74) is 0.845. The van der Waals surface area contributed by atoms with Crippen molar-refractivity contribution in [1.29, 1.82) is 0 Å². The minimum atomic E-state index is -3.96. The molecule has 0 aromatic rings. The monoisotopic (exact) mass is 204 g/mol. The first kappa shape index (κ1) is 10.7. The van der Waals surface area contributed by atoms with Crippen molar-refractivity contribution < 1.29 is 13.0 Å². The van der Waals surface area contributed by atoms with Gasteiger partial charge < -0.3 is 0 Å². The summed E-state index contributed by atoms with van der Waals surface area (Å²) in [6, 6.07) is 0. The van der Waals surface area contributed by atoms with E-state index in [4.69, 9.17) is 4.55 Å². The minimum Gasteiger partial charge on any atom is -0.285 e. The number of hydrogen-bond donors (Lipinski definition) is 1. The first-order valence-electron chi connectivity index (χ1n) is 4.41. The highest BCUT2D eigenvalue weighted by atomic mass is 32.2. The first-order valence-corrected chi connectivity index (χ1v) is 5.85. The molecule has 0 radical (unpaired) electrons. The van der Waals surface area contributed by atoms with Gasteiger partial charge in [-0.05, 0) is 26.7 Å². The van der Waals surface area contributed by atoms with Gasteiger partial charge in [0, 0.05) is 5.92 Å². The van der Waals surface area contributed by atoms with E-state index in [0.29, 0.717) is 6.42 Å². The molecule has 0 aromatic carbocycles. The summed E-state index contributed by atoms with van der Waals surface area (Å²) in [6.45, 7) is 7.20. The fourth-order valence-corrected chi connectivity index (χ4v) is 3.29. The largest absolute Gasteiger partial charge is 0.285 e. The molecule has 0 amide bonds. The highest BCUT2D eigenvalue weighted by Crippen LogP contribution is 2.44. The molecule has 0 bridgehead atoms. The smallest absolute Gasteiger partial charge is 0.270 e. The molecule has 76 valence electrons. The van der Waals surface area contributed by atoms with Gasteiger partial charge in [0.2, 0.25) is 0 Å². The summed E-state index contributed by atoms with van der Waals surface area (Å²) < 4.78 is 30.5. The van der Waals surface area contributed by atoms with E-state index in [1.807, 2.05) is 6.92 Å². The second-order valence-corrected chi connectivity index (χ2v) is 5.96. The molecule has 0 aliphatic heterocycles. The van der Waals surface area contributed by atoms with E-state index >= 15 is 0 Å². The molecular weight excluding hydrogens is 188 g/mol. The van der Waals surface area contributed by atoms with Crippen molar-refractivity contribution >= 4 is 10.1 Å². The molecule has 3 nitrogen and oxygen atoms in total. The van der Waals surface area contributed by atoms with E-state index < -0.39 is 14.9 Å². The van der Waals surface area contributed by atoms with Crippen LogP contribution in [0.1, 0.15) is 33.1 Å². The molecule has 0 saturated heterocycles. The molecule has 1 aliphatic carbocycles. The van der Waals surface area contributed by atoms with Crippen LogP contribution in [0.25, 0.3) is 0 Å². The SMILES string of the molecule is C=C(C)C1CCCC1(C)S(=O)(=O)O. The first-order chi connectivity index (χ1) is 5.79. The van der Waals surface area contributed by atoms with Crippen LogP contribution < -0.4 is 0 Å². The van der Waals surface area contributed by atoms with Crippen LogP contribution in [0.5, 0.6) is 0 Å². The van der Waals surface area contributed by atoms with Crippen molar-refractivity contribution in [2.24, 2.45) is 5.92 Å². The van der Waals surface area contributed by atoms with Crippen molar-refractivity contribution in [2.45, 2.75) is 37.9 Å². The van der Waals surface area contributed by atoms with Gasteiger partial charge in [0.15, 0.2) is 0 Å². The molecule has 1 fully saturated rings. The summed E-state index contributed by atoms with van der Waals surface area (Å²) in [4.78, 5) is 0. The standard InChI is InChI=1S/C9H16O3S/c1-7(2)8-5-4-6-9(8,3)13(10,11)12/h8H,1,4-6H2,2-3H3,(H,10,11,12). The highest BCUT2D eigenvalue weighted by Gasteiger charge is 2.48. The predicted molar refractivity (Wildman–Crippen MR) is 52.1 cm³/mol. The van der Waals surface area contributed by atoms with Crippen LogP contribution in [0.15, 0.2) is 12.2 Å². The summed E-state index contributed by atoms with van der Waals surface area (Å²) in [7, 11) is -3.96. The lowest BCUT2D eigenvalue weighted by atomic mass is 9.91. The van der Waals surface area contributed by atoms with Crippen molar-refractivity contribution in [1.82, 2.24) is 0 Å². The van der Waals surface area contributed by atoms with Gasteiger partial charge >= 0.3 is 0 Å². The van der Waals surface area contributed by atoms with E-state index in [1.54, 1.807) is 6.92 Å². The zero-order chi connectivity index (χ0) is 10.3. The fourth-order valence-electron chi connectivity index (χ4n) is 2.21. The molecule has 13 heavy (non-hydrogen) atoms. The molecule has 1 saturated carbocycles. The summed E-state index contributed by atoms with van der Waals surface area (Å²) in [5, 5.41) is 0. The average Bonchev–Trinajstić information content (AvgIpc) is 2.30. The third kappa shape index (κ3) is 1.65. The van der Waals surface area contributed by atoms with Crippen LogP contribution in [0.4, 0.5) is 0 Å². The lowest BCUT2D eigenvalue weighted by molar-refractivity contribution is 0.401. The molecular formula is C9H16O3S. The molecule has 2 unspecified atom stereocenters. The van der Waals surface area contributed by atoms with Gasteiger partial charge in [-0.15, -0.1) is 0 Å². The van der Waals surface area contributed by atoms with E-state index in [9.17, 15) is 8.42 Å². The van der Waals surface area contributed by atoms with Gasteiger partial charge in [-0.1, -0.05) is 18.6 Å². The summed E-state index contributed by atoms with van der Waals surface area (Å²) in [6.07, 6.45) is 2.18. The quantitative estimate of drug-likeness (QED) is 0.553. The van der Waals surface area contributed by atoms with E-state index in [2.05, 4.69) is 6.58 Å². The van der Waals surface area contributed by atoms with E-state index in [1.165, 1.54) is 0 Å². The van der Waals surface area contributed by atoms with Crippen LogP contribution in [0.3, 0.4) is 0 Å². The third-order valence-corrected chi connectivity index (χ3v) is 4.75. The Morgan fingerprint density at radius 1 is 1.62 bits per heavy atom. The molecule has 2 atom stereocenters. The van der Waals surface area contributed by atoms with Crippen LogP contribution >= 0.6 is 0 Å². The third-order valence-electron chi connectivity index (χ3n) is 3.09. The maximum Gasteiger partial charge on any atom is 0.270 e. The van der Waals surface area contributed by atoms with E-state index in [0.717, 1.165) is 18.4 Å². The Morgan fingerprint density at radius 2 is 2.15 bits per heavy atom. The lowest BCUT2D eigenvalue weighted by Crippen LogP contribution is -2.38. The second-order valence-electron chi connectivity index (χ2n) is 4.08. The van der Waals surface area contributed by atoms with Gasteiger partial charge in [0.25, 0.3) is 10.1 Å². The van der Waals surface area contributed by atoms with Crippen molar-refractivity contribution in [3.63, 3.8) is 0 Å². The predicted octanol–water partition coefficient (Wildman–Crippen LogP) is 2.01. The molecule has 0 aromatic heterocycles. The normalized spacial score (nSPS) is 34.8. The Bertz CT molecular complexity index is 318. The Balaban J connectivity index is 3.09. The molecule has 1 aliphatic rings. The Hall–Kier alpha value is -0.350. The van der Waals surface area contributed by atoms with E-state index in [-0.39, 0.29) is 5.92 Å². The topological polar surface area (TPSA) is 54.4 Å². The van der Waals surface area contributed by atoms with Crippen LogP contribution in [-0.2, 0) is 10.1 Å². The average molecular weight is 204 g/mol. The summed E-state index contributed by atoms with van der Waals surface area (Å²) >= 11 is 0. The Kier molecular flexibility index (Phi) is 2.56. The molecule has 1 rings (SSSR count). The maximum absolute atomic E-state index is 11.2.